The van der Waals surface area contributed by atoms with E-state index in [2.05, 4.69) is 5.43 Å². The van der Waals surface area contributed by atoms with Crippen LogP contribution in [-0.4, -0.2) is 29.7 Å². The fourth-order valence-corrected chi connectivity index (χ4v) is 2.12. The smallest absolute Gasteiger partial charge is 0.288 e. The van der Waals surface area contributed by atoms with E-state index < -0.39 is 18.1 Å². The van der Waals surface area contributed by atoms with Crippen LogP contribution < -0.4 is 5.43 Å². The highest BCUT2D eigenvalue weighted by Crippen LogP contribution is 2.28. The van der Waals surface area contributed by atoms with Gasteiger partial charge in [-0.15, -0.1) is 0 Å². The minimum Gasteiger partial charge on any atom is -0.288 e. The lowest BCUT2D eigenvalue weighted by Gasteiger charge is -2.29. The maximum absolute atomic E-state index is 13.1. The maximum Gasteiger partial charge on any atom is 0.406 e. The van der Waals surface area contributed by atoms with Crippen molar-refractivity contribution in [3.8, 4) is 6.07 Å². The standard InChI is InChI=1S/C13H12F3N3O/c14-13(15,16)11(19-5-4-12(20)18-19)7-9-2-1-3-10(6-9)8-17/h1-3,6,11H,4-5,7H2,(H,18,20)/t11-/m0/s1. The molecule has 0 unspecified atom stereocenters. The molecule has 2 rings (SSSR count). The Labute approximate surface area is 113 Å². The molecule has 0 bridgehead atoms. The van der Waals surface area contributed by atoms with Crippen LogP contribution in [0.15, 0.2) is 24.3 Å². The summed E-state index contributed by atoms with van der Waals surface area (Å²) < 4.78 is 39.3. The number of amides is 1. The lowest BCUT2D eigenvalue weighted by Crippen LogP contribution is -2.51. The lowest BCUT2D eigenvalue weighted by atomic mass is 10.0. The largest absolute Gasteiger partial charge is 0.406 e. The molecule has 106 valence electrons. The minimum atomic E-state index is -4.46. The molecular formula is C13H12F3N3O. The number of nitrogens with zero attached hydrogens (tertiary/aromatic N) is 2. The third-order valence-corrected chi connectivity index (χ3v) is 3.09. The molecule has 1 atom stereocenters. The first-order valence-electron chi connectivity index (χ1n) is 6.02. The van der Waals surface area contributed by atoms with Crippen LogP contribution in [-0.2, 0) is 11.2 Å². The summed E-state index contributed by atoms with van der Waals surface area (Å²) in [7, 11) is 0. The Hall–Kier alpha value is -2.07. The summed E-state index contributed by atoms with van der Waals surface area (Å²) in [5.41, 5.74) is 2.94. The van der Waals surface area contributed by atoms with E-state index >= 15 is 0 Å². The van der Waals surface area contributed by atoms with E-state index in [1.807, 2.05) is 6.07 Å². The highest BCUT2D eigenvalue weighted by molar-refractivity contribution is 5.77. The summed E-state index contributed by atoms with van der Waals surface area (Å²) in [5, 5.41) is 9.68. The van der Waals surface area contributed by atoms with Crippen molar-refractivity contribution in [2.45, 2.75) is 25.1 Å². The van der Waals surface area contributed by atoms with Gasteiger partial charge in [0.1, 0.15) is 6.04 Å². The van der Waals surface area contributed by atoms with Gasteiger partial charge in [-0.2, -0.15) is 18.4 Å². The minimum absolute atomic E-state index is 0.0287. The predicted molar refractivity (Wildman–Crippen MR) is 64.2 cm³/mol. The van der Waals surface area contributed by atoms with Gasteiger partial charge in [-0.25, -0.2) is 5.01 Å². The second-order valence-corrected chi connectivity index (χ2v) is 4.55. The fraction of sp³-hybridized carbons (Fsp3) is 0.385. The van der Waals surface area contributed by atoms with Gasteiger partial charge in [0.15, 0.2) is 0 Å². The summed E-state index contributed by atoms with van der Waals surface area (Å²) in [4.78, 5) is 11.1. The molecule has 0 saturated carbocycles. The van der Waals surface area contributed by atoms with Gasteiger partial charge in [-0.05, 0) is 24.1 Å². The molecule has 1 aliphatic rings. The Morgan fingerprint density at radius 1 is 1.45 bits per heavy atom. The van der Waals surface area contributed by atoms with Crippen molar-refractivity contribution in [1.29, 1.82) is 5.26 Å². The monoisotopic (exact) mass is 283 g/mol. The van der Waals surface area contributed by atoms with Crippen LogP contribution in [0, 0.1) is 11.3 Å². The van der Waals surface area contributed by atoms with Crippen LogP contribution in [0.5, 0.6) is 0 Å². The van der Waals surface area contributed by atoms with Crippen LogP contribution >= 0.6 is 0 Å². The number of hydrogen-bond acceptors (Lipinski definition) is 3. The van der Waals surface area contributed by atoms with E-state index in [1.165, 1.54) is 18.2 Å². The van der Waals surface area contributed by atoms with Crippen molar-refractivity contribution >= 4 is 5.91 Å². The van der Waals surface area contributed by atoms with Crippen molar-refractivity contribution in [2.24, 2.45) is 0 Å². The third kappa shape index (κ3) is 3.27. The number of nitriles is 1. The molecule has 20 heavy (non-hydrogen) atoms. The van der Waals surface area contributed by atoms with Crippen molar-refractivity contribution in [3.05, 3.63) is 35.4 Å². The van der Waals surface area contributed by atoms with Crippen molar-refractivity contribution in [3.63, 3.8) is 0 Å². The van der Waals surface area contributed by atoms with Crippen molar-refractivity contribution in [2.75, 3.05) is 6.54 Å². The number of nitrogens with one attached hydrogen (secondary N) is 1. The average Bonchev–Trinajstić information content (AvgIpc) is 2.81. The molecule has 0 aromatic heterocycles. The third-order valence-electron chi connectivity index (χ3n) is 3.09. The number of carbonyl (C=O) groups is 1. The highest BCUT2D eigenvalue weighted by Gasteiger charge is 2.45. The van der Waals surface area contributed by atoms with Crippen molar-refractivity contribution < 1.29 is 18.0 Å². The number of rotatable bonds is 3. The van der Waals surface area contributed by atoms with Gasteiger partial charge in [0.25, 0.3) is 0 Å². The predicted octanol–water partition coefficient (Wildman–Crippen LogP) is 1.77. The van der Waals surface area contributed by atoms with Gasteiger partial charge in [0.2, 0.25) is 5.91 Å². The van der Waals surface area contributed by atoms with Gasteiger partial charge >= 0.3 is 6.18 Å². The number of halogens is 3. The molecule has 1 fully saturated rings. The van der Waals surface area contributed by atoms with Crippen molar-refractivity contribution in [1.82, 2.24) is 10.4 Å². The number of benzene rings is 1. The Balaban J connectivity index is 2.20. The first-order valence-corrected chi connectivity index (χ1v) is 6.02. The first-order chi connectivity index (χ1) is 9.40. The molecule has 0 aliphatic carbocycles. The molecule has 7 heteroatoms. The summed E-state index contributed by atoms with van der Waals surface area (Å²) >= 11 is 0. The van der Waals surface area contributed by atoms with Gasteiger partial charge in [-0.3, -0.25) is 10.2 Å². The molecule has 1 aromatic rings. The van der Waals surface area contributed by atoms with E-state index in [1.54, 1.807) is 6.07 Å². The molecule has 1 saturated heterocycles. The second kappa shape index (κ2) is 5.51. The molecule has 1 amide bonds. The Bertz CT molecular complexity index is 551. The molecule has 1 aliphatic heterocycles. The van der Waals surface area contributed by atoms with E-state index in [9.17, 15) is 18.0 Å². The first kappa shape index (κ1) is 14.3. The zero-order valence-corrected chi connectivity index (χ0v) is 10.4. The van der Waals surface area contributed by atoms with Crippen LogP contribution in [0.3, 0.4) is 0 Å². The molecule has 0 spiro atoms. The van der Waals surface area contributed by atoms with Gasteiger partial charge in [0, 0.05) is 13.0 Å². The van der Waals surface area contributed by atoms with Gasteiger partial charge in [0.05, 0.1) is 11.6 Å². The summed E-state index contributed by atoms with van der Waals surface area (Å²) in [6, 6.07) is 6.15. The molecule has 1 N–H and O–H groups in total. The molecule has 1 heterocycles. The summed E-state index contributed by atoms with van der Waals surface area (Å²) in [6.07, 6.45) is -4.70. The quantitative estimate of drug-likeness (QED) is 0.919. The van der Waals surface area contributed by atoms with Gasteiger partial charge < -0.3 is 0 Å². The fourth-order valence-electron chi connectivity index (χ4n) is 2.12. The van der Waals surface area contributed by atoms with E-state index in [-0.39, 0.29) is 19.4 Å². The number of carbonyl (C=O) groups excluding carboxylic acids is 1. The van der Waals surface area contributed by atoms with Crippen LogP contribution in [0.25, 0.3) is 0 Å². The average molecular weight is 283 g/mol. The second-order valence-electron chi connectivity index (χ2n) is 4.55. The van der Waals surface area contributed by atoms with E-state index in [4.69, 9.17) is 5.26 Å². The van der Waals surface area contributed by atoms with E-state index in [0.717, 1.165) is 5.01 Å². The highest BCUT2D eigenvalue weighted by atomic mass is 19.4. The zero-order valence-electron chi connectivity index (χ0n) is 10.4. The molecule has 1 aromatic carbocycles. The maximum atomic E-state index is 13.1. The SMILES string of the molecule is N#Cc1cccc(C[C@H](N2CCC(=O)N2)C(F)(F)F)c1. The van der Waals surface area contributed by atoms with Gasteiger partial charge in [-0.1, -0.05) is 12.1 Å². The summed E-state index contributed by atoms with van der Waals surface area (Å²) in [5.74, 6) is -0.412. The molecule has 4 nitrogen and oxygen atoms in total. The molecule has 0 radical (unpaired) electrons. The topological polar surface area (TPSA) is 56.1 Å². The zero-order chi connectivity index (χ0) is 14.8. The van der Waals surface area contributed by atoms with Crippen LogP contribution in [0.4, 0.5) is 13.2 Å². The Kier molecular flexibility index (Phi) is 3.95. The molecular weight excluding hydrogens is 271 g/mol. The number of hydrogen-bond donors (Lipinski definition) is 1. The summed E-state index contributed by atoms with van der Waals surface area (Å²) in [6.45, 7) is 0.0287. The normalized spacial score (nSPS) is 17.6. The number of alkyl halides is 3. The Morgan fingerprint density at radius 3 is 2.75 bits per heavy atom. The van der Waals surface area contributed by atoms with Crippen LogP contribution in [0.2, 0.25) is 0 Å². The lowest BCUT2D eigenvalue weighted by molar-refractivity contribution is -0.187. The number of hydrazine groups is 1. The Morgan fingerprint density at radius 2 is 2.20 bits per heavy atom. The van der Waals surface area contributed by atoms with E-state index in [0.29, 0.717) is 11.1 Å². The van der Waals surface area contributed by atoms with Crippen LogP contribution in [0.1, 0.15) is 17.5 Å².